The van der Waals surface area contributed by atoms with Gasteiger partial charge in [0.1, 0.15) is 11.5 Å². The maximum absolute atomic E-state index is 13.3. The quantitative estimate of drug-likeness (QED) is 0.603. The second-order valence-corrected chi connectivity index (χ2v) is 8.28. The summed E-state index contributed by atoms with van der Waals surface area (Å²) in [6.45, 7) is 2.74. The molecule has 1 aliphatic carbocycles. The van der Waals surface area contributed by atoms with Crippen LogP contribution in [-0.2, 0) is 0 Å². The zero-order chi connectivity index (χ0) is 20.3. The molecule has 0 spiro atoms. The first-order valence-corrected chi connectivity index (χ1v) is 10.2. The molecule has 4 N–H and O–H groups in total. The van der Waals surface area contributed by atoms with Gasteiger partial charge in [0.2, 0.25) is 0 Å². The first-order valence-electron chi connectivity index (χ1n) is 9.79. The van der Waals surface area contributed by atoms with Crippen molar-refractivity contribution in [2.75, 3.05) is 35.0 Å². The van der Waals surface area contributed by atoms with Gasteiger partial charge in [-0.3, -0.25) is 4.79 Å². The molecule has 1 aromatic carbocycles. The lowest BCUT2D eigenvalue weighted by Crippen LogP contribution is -2.27. The van der Waals surface area contributed by atoms with Crippen molar-refractivity contribution < 1.29 is 0 Å². The summed E-state index contributed by atoms with van der Waals surface area (Å²) in [6.07, 6.45) is 2.02. The van der Waals surface area contributed by atoms with Crippen LogP contribution in [0.5, 0.6) is 0 Å². The Bertz CT molecular complexity index is 1190. The number of hydrogen-bond acceptors (Lipinski definition) is 6. The summed E-state index contributed by atoms with van der Waals surface area (Å²) in [5.41, 5.74) is 8.86. The number of anilines is 4. The summed E-state index contributed by atoms with van der Waals surface area (Å²) >= 11 is 6.35. The van der Waals surface area contributed by atoms with Crippen LogP contribution in [0.2, 0.25) is 5.02 Å². The Morgan fingerprint density at radius 2 is 2.14 bits per heavy atom. The molecule has 0 radical (unpaired) electrons. The summed E-state index contributed by atoms with van der Waals surface area (Å²) < 4.78 is 1.90. The average Bonchev–Trinajstić information content (AvgIpc) is 3.44. The average molecular weight is 411 g/mol. The summed E-state index contributed by atoms with van der Waals surface area (Å²) in [5, 5.41) is 8.75. The van der Waals surface area contributed by atoms with Gasteiger partial charge in [-0.2, -0.15) is 0 Å². The molecule has 1 saturated carbocycles. The van der Waals surface area contributed by atoms with Crippen LogP contribution in [0, 0.1) is 0 Å². The second-order valence-electron chi connectivity index (χ2n) is 7.87. The number of hydrogen-bond donors (Lipinski definition) is 3. The Morgan fingerprint density at radius 1 is 1.34 bits per heavy atom. The molecule has 29 heavy (non-hydrogen) atoms. The van der Waals surface area contributed by atoms with Crippen molar-refractivity contribution in [1.29, 1.82) is 0 Å². The topological polar surface area (TPSA) is 88.2 Å². The molecule has 1 fully saturated rings. The lowest BCUT2D eigenvalue weighted by molar-refractivity contribution is 0.636. The normalized spacial score (nSPS) is 16.6. The predicted octanol–water partition coefficient (Wildman–Crippen LogP) is 3.96. The fourth-order valence-corrected chi connectivity index (χ4v) is 4.40. The van der Waals surface area contributed by atoms with Gasteiger partial charge >= 0.3 is 0 Å². The van der Waals surface area contributed by atoms with E-state index >= 15 is 0 Å². The Morgan fingerprint density at radius 3 is 2.90 bits per heavy atom. The molecule has 1 aliphatic heterocycles. The third-order valence-corrected chi connectivity index (χ3v) is 5.98. The van der Waals surface area contributed by atoms with Crippen LogP contribution in [0.15, 0.2) is 35.1 Å². The zero-order valence-electron chi connectivity index (χ0n) is 16.4. The molecular formula is C21H23ClN6O. The molecule has 0 unspecified atom stereocenters. The predicted molar refractivity (Wildman–Crippen MR) is 119 cm³/mol. The highest BCUT2D eigenvalue weighted by atomic mass is 35.5. The van der Waals surface area contributed by atoms with Crippen molar-refractivity contribution in [3.63, 3.8) is 0 Å². The van der Waals surface area contributed by atoms with Crippen LogP contribution >= 0.6 is 11.6 Å². The lowest BCUT2D eigenvalue weighted by atomic mass is 10.1. The molecule has 2 aromatic heterocycles. The van der Waals surface area contributed by atoms with Crippen molar-refractivity contribution in [1.82, 2.24) is 9.55 Å². The molecule has 5 rings (SSSR count). The van der Waals surface area contributed by atoms with Crippen LogP contribution in [0.4, 0.5) is 23.0 Å². The van der Waals surface area contributed by atoms with E-state index in [1.807, 2.05) is 36.7 Å². The van der Waals surface area contributed by atoms with Crippen LogP contribution in [0.1, 0.15) is 37.5 Å². The monoisotopic (exact) mass is 410 g/mol. The second kappa shape index (κ2) is 6.56. The molecule has 8 heteroatoms. The standard InChI is InChI=1S/C21H23ClN6O/c1-11(25-20-19-15(9-17(23)26-20)24-10-27(19)2)16-8-12-4-3-5-14(22)18(12)21(29)28(16)13-6-7-13/h3-5,8-9,11,13,24H,6-7,10H2,1-2H3,(H3,23,25,26)/t11-/m0/s1. The van der Waals surface area contributed by atoms with Crippen LogP contribution in [-0.4, -0.2) is 23.3 Å². The van der Waals surface area contributed by atoms with E-state index in [0.717, 1.165) is 35.3 Å². The molecular weight excluding hydrogens is 388 g/mol. The van der Waals surface area contributed by atoms with E-state index in [-0.39, 0.29) is 17.6 Å². The smallest absolute Gasteiger partial charge is 0.260 e. The maximum atomic E-state index is 13.3. The molecule has 3 aromatic rings. The minimum Gasteiger partial charge on any atom is -0.384 e. The van der Waals surface area contributed by atoms with Crippen molar-refractivity contribution in [3.8, 4) is 0 Å². The van der Waals surface area contributed by atoms with E-state index in [1.54, 1.807) is 6.07 Å². The highest BCUT2D eigenvalue weighted by Gasteiger charge is 2.30. The van der Waals surface area contributed by atoms with E-state index in [4.69, 9.17) is 17.3 Å². The van der Waals surface area contributed by atoms with Gasteiger partial charge in [-0.05, 0) is 37.3 Å². The lowest BCUT2D eigenvalue weighted by Gasteiger charge is -2.23. The zero-order valence-corrected chi connectivity index (χ0v) is 17.1. The number of pyridine rings is 2. The number of fused-ring (bicyclic) bond motifs is 2. The highest BCUT2D eigenvalue weighted by Crippen LogP contribution is 2.41. The number of rotatable bonds is 4. The summed E-state index contributed by atoms with van der Waals surface area (Å²) in [5.74, 6) is 1.16. The van der Waals surface area contributed by atoms with Crippen molar-refractivity contribution in [2.45, 2.75) is 31.8 Å². The number of nitrogen functional groups attached to an aromatic ring is 1. The number of aromatic nitrogens is 2. The Hall–Kier alpha value is -2.93. The Kier molecular flexibility index (Phi) is 4.10. The summed E-state index contributed by atoms with van der Waals surface area (Å²) in [4.78, 5) is 19.9. The van der Waals surface area contributed by atoms with Gasteiger partial charge in [0.15, 0.2) is 5.82 Å². The van der Waals surface area contributed by atoms with Gasteiger partial charge in [-0.15, -0.1) is 0 Å². The van der Waals surface area contributed by atoms with E-state index in [0.29, 0.717) is 28.7 Å². The first kappa shape index (κ1) is 18.1. The van der Waals surface area contributed by atoms with Crippen molar-refractivity contribution >= 4 is 45.4 Å². The van der Waals surface area contributed by atoms with E-state index in [9.17, 15) is 4.79 Å². The Labute approximate surface area is 173 Å². The van der Waals surface area contributed by atoms with E-state index in [1.165, 1.54) is 0 Å². The van der Waals surface area contributed by atoms with Crippen LogP contribution in [0.3, 0.4) is 0 Å². The largest absolute Gasteiger partial charge is 0.384 e. The number of nitrogens with two attached hydrogens (primary N) is 1. The first-order chi connectivity index (χ1) is 13.9. The van der Waals surface area contributed by atoms with Gasteiger partial charge in [0.05, 0.1) is 28.8 Å². The molecule has 7 nitrogen and oxygen atoms in total. The summed E-state index contributed by atoms with van der Waals surface area (Å²) in [6, 6.07) is 9.57. The molecule has 0 saturated heterocycles. The van der Waals surface area contributed by atoms with E-state index < -0.39 is 0 Å². The van der Waals surface area contributed by atoms with Crippen molar-refractivity contribution in [2.24, 2.45) is 0 Å². The molecule has 0 amide bonds. The fraction of sp³-hybridized carbons (Fsp3) is 0.333. The van der Waals surface area contributed by atoms with E-state index in [2.05, 4.69) is 26.6 Å². The molecule has 150 valence electrons. The van der Waals surface area contributed by atoms with Crippen molar-refractivity contribution in [3.05, 3.63) is 51.4 Å². The third-order valence-electron chi connectivity index (χ3n) is 5.67. The molecule has 1 atom stereocenters. The minimum atomic E-state index is -0.140. The summed E-state index contributed by atoms with van der Waals surface area (Å²) in [7, 11) is 2.00. The Balaban J connectivity index is 1.62. The molecule has 3 heterocycles. The van der Waals surface area contributed by atoms with Gasteiger partial charge in [-0.25, -0.2) is 4.98 Å². The number of nitrogens with one attached hydrogen (secondary N) is 2. The van der Waals surface area contributed by atoms with Gasteiger partial charge < -0.3 is 25.8 Å². The molecule has 0 bridgehead atoms. The third kappa shape index (κ3) is 2.97. The SMILES string of the molecule is C[C@H](Nc1nc(N)cc2c1N(C)CN2)c1cc2cccc(Cl)c2c(=O)n1C1CC1. The highest BCUT2D eigenvalue weighted by molar-refractivity contribution is 6.35. The van der Waals surface area contributed by atoms with Crippen LogP contribution < -0.4 is 26.8 Å². The van der Waals surface area contributed by atoms with Gasteiger partial charge in [0.25, 0.3) is 5.56 Å². The van der Waals surface area contributed by atoms with Gasteiger partial charge in [0, 0.05) is 24.8 Å². The van der Waals surface area contributed by atoms with Crippen LogP contribution in [0.25, 0.3) is 10.8 Å². The molecule has 2 aliphatic rings. The maximum Gasteiger partial charge on any atom is 0.260 e. The number of halogens is 1. The fourth-order valence-electron chi connectivity index (χ4n) is 4.14. The number of nitrogens with zero attached hydrogens (tertiary/aromatic N) is 3. The minimum absolute atomic E-state index is 0.0243. The van der Waals surface area contributed by atoms with Gasteiger partial charge in [-0.1, -0.05) is 23.7 Å². The number of benzene rings is 1.